The zero-order valence-electron chi connectivity index (χ0n) is 14.7. The van der Waals surface area contributed by atoms with Gasteiger partial charge in [-0.3, -0.25) is 14.7 Å². The van der Waals surface area contributed by atoms with E-state index in [1.807, 2.05) is 23.4 Å². The summed E-state index contributed by atoms with van der Waals surface area (Å²) in [7, 11) is 0. The lowest BCUT2D eigenvalue weighted by Crippen LogP contribution is -2.49. The number of nitrogens with one attached hydrogen (secondary N) is 1. The Labute approximate surface area is 144 Å². The number of pyridine rings is 1. The van der Waals surface area contributed by atoms with Crippen LogP contribution in [0.5, 0.6) is 0 Å². The van der Waals surface area contributed by atoms with Crippen LogP contribution in [0.15, 0.2) is 24.5 Å². The first-order chi connectivity index (χ1) is 11.7. The van der Waals surface area contributed by atoms with E-state index in [1.54, 1.807) is 0 Å². The van der Waals surface area contributed by atoms with Gasteiger partial charge >= 0.3 is 0 Å². The van der Waals surface area contributed by atoms with Gasteiger partial charge in [-0.15, -0.1) is 0 Å². The summed E-state index contributed by atoms with van der Waals surface area (Å²) in [5.41, 5.74) is 1.28. The molecule has 6 heteroatoms. The van der Waals surface area contributed by atoms with E-state index in [2.05, 4.69) is 33.1 Å². The first-order valence-electron chi connectivity index (χ1n) is 9.09. The lowest BCUT2D eigenvalue weighted by molar-refractivity contribution is -0.132. The SMILES string of the molecule is CC(c1cccnc1)N1CCN(CCC(=O)N2CCNCC2)CC1. The molecule has 2 aliphatic rings. The average molecular weight is 331 g/mol. The molecule has 0 bridgehead atoms. The molecule has 3 rings (SSSR count). The van der Waals surface area contributed by atoms with E-state index < -0.39 is 0 Å². The molecule has 0 aromatic carbocycles. The van der Waals surface area contributed by atoms with Crippen molar-refractivity contribution in [3.8, 4) is 0 Å². The molecule has 6 nitrogen and oxygen atoms in total. The van der Waals surface area contributed by atoms with Crippen LogP contribution in [-0.2, 0) is 4.79 Å². The number of amides is 1. The van der Waals surface area contributed by atoms with Crippen molar-refractivity contribution in [2.45, 2.75) is 19.4 Å². The first-order valence-corrected chi connectivity index (χ1v) is 9.09. The molecule has 132 valence electrons. The van der Waals surface area contributed by atoms with Crippen LogP contribution in [0.2, 0.25) is 0 Å². The first kappa shape index (κ1) is 17.3. The Morgan fingerprint density at radius 2 is 1.96 bits per heavy atom. The Morgan fingerprint density at radius 3 is 2.62 bits per heavy atom. The Bertz CT molecular complexity index is 509. The van der Waals surface area contributed by atoms with Crippen LogP contribution in [0.1, 0.15) is 24.9 Å². The minimum Gasteiger partial charge on any atom is -0.340 e. The molecule has 2 fully saturated rings. The molecular weight excluding hydrogens is 302 g/mol. The van der Waals surface area contributed by atoms with Crippen LogP contribution < -0.4 is 5.32 Å². The normalized spacial score (nSPS) is 21.6. The number of aromatic nitrogens is 1. The maximum absolute atomic E-state index is 12.3. The van der Waals surface area contributed by atoms with Gasteiger partial charge in [0.15, 0.2) is 0 Å². The molecule has 0 aliphatic carbocycles. The van der Waals surface area contributed by atoms with E-state index in [9.17, 15) is 4.79 Å². The molecule has 0 spiro atoms. The van der Waals surface area contributed by atoms with Crippen LogP contribution >= 0.6 is 0 Å². The van der Waals surface area contributed by atoms with Crippen molar-refractivity contribution in [2.24, 2.45) is 0 Å². The minimum absolute atomic E-state index is 0.308. The number of piperazine rings is 2. The second-order valence-corrected chi connectivity index (χ2v) is 6.72. The Kier molecular flexibility index (Phi) is 6.18. The summed E-state index contributed by atoms with van der Waals surface area (Å²) < 4.78 is 0. The largest absolute Gasteiger partial charge is 0.340 e. The highest BCUT2D eigenvalue weighted by atomic mass is 16.2. The smallest absolute Gasteiger partial charge is 0.223 e. The second kappa shape index (κ2) is 8.55. The van der Waals surface area contributed by atoms with Crippen LogP contribution in [0.3, 0.4) is 0 Å². The zero-order chi connectivity index (χ0) is 16.8. The summed E-state index contributed by atoms with van der Waals surface area (Å²) >= 11 is 0. The van der Waals surface area contributed by atoms with Gasteiger partial charge in [0, 0.05) is 83.8 Å². The van der Waals surface area contributed by atoms with Crippen molar-refractivity contribution in [3.63, 3.8) is 0 Å². The summed E-state index contributed by atoms with van der Waals surface area (Å²) in [6.45, 7) is 10.9. The van der Waals surface area contributed by atoms with Crippen LogP contribution in [0.4, 0.5) is 0 Å². The van der Waals surface area contributed by atoms with Gasteiger partial charge in [-0.2, -0.15) is 0 Å². The highest BCUT2D eigenvalue weighted by Crippen LogP contribution is 2.20. The molecule has 0 saturated carbocycles. The summed E-state index contributed by atoms with van der Waals surface area (Å²) in [6.07, 6.45) is 4.44. The molecule has 2 aliphatic heterocycles. The van der Waals surface area contributed by atoms with E-state index in [4.69, 9.17) is 0 Å². The predicted molar refractivity (Wildman–Crippen MR) is 94.7 cm³/mol. The van der Waals surface area contributed by atoms with Gasteiger partial charge in [-0.25, -0.2) is 0 Å². The molecule has 1 amide bonds. The van der Waals surface area contributed by atoms with Crippen molar-refractivity contribution in [2.75, 3.05) is 58.9 Å². The molecule has 1 unspecified atom stereocenters. The Morgan fingerprint density at radius 1 is 1.21 bits per heavy atom. The maximum atomic E-state index is 12.3. The van der Waals surface area contributed by atoms with E-state index in [1.165, 1.54) is 5.56 Å². The average Bonchev–Trinajstić information content (AvgIpc) is 2.67. The molecule has 1 aromatic rings. The summed E-state index contributed by atoms with van der Waals surface area (Å²) in [5, 5.41) is 3.29. The monoisotopic (exact) mass is 331 g/mol. The molecule has 3 heterocycles. The fourth-order valence-corrected chi connectivity index (χ4v) is 3.53. The summed E-state index contributed by atoms with van der Waals surface area (Å²) in [5.74, 6) is 0.308. The van der Waals surface area contributed by atoms with Gasteiger partial charge in [0.1, 0.15) is 0 Å². The lowest BCUT2D eigenvalue weighted by atomic mass is 10.1. The molecule has 1 N–H and O–H groups in total. The zero-order valence-corrected chi connectivity index (χ0v) is 14.7. The summed E-state index contributed by atoms with van der Waals surface area (Å²) in [4.78, 5) is 23.4. The molecule has 1 atom stereocenters. The molecule has 0 radical (unpaired) electrons. The Balaban J connectivity index is 1.39. The Hall–Kier alpha value is -1.50. The molecule has 1 aromatic heterocycles. The van der Waals surface area contributed by atoms with Gasteiger partial charge in [0.25, 0.3) is 0 Å². The van der Waals surface area contributed by atoms with Gasteiger partial charge in [0.2, 0.25) is 5.91 Å². The lowest BCUT2D eigenvalue weighted by Gasteiger charge is -2.38. The third kappa shape index (κ3) is 4.53. The third-order valence-corrected chi connectivity index (χ3v) is 5.23. The van der Waals surface area contributed by atoms with Gasteiger partial charge in [0.05, 0.1) is 0 Å². The fraction of sp³-hybridized carbons (Fsp3) is 0.667. The second-order valence-electron chi connectivity index (χ2n) is 6.72. The molecule has 24 heavy (non-hydrogen) atoms. The standard InChI is InChI=1S/C18H29N5O/c1-16(17-3-2-5-20-15-17)22-13-11-21(12-14-22)8-4-18(24)23-9-6-19-7-10-23/h2-3,5,15-16,19H,4,6-14H2,1H3. The summed E-state index contributed by atoms with van der Waals surface area (Å²) in [6, 6.07) is 4.56. The van der Waals surface area contributed by atoms with Crippen molar-refractivity contribution in [3.05, 3.63) is 30.1 Å². The number of hydrogen-bond acceptors (Lipinski definition) is 5. The van der Waals surface area contributed by atoms with Crippen molar-refractivity contribution in [1.82, 2.24) is 25.0 Å². The van der Waals surface area contributed by atoms with Crippen molar-refractivity contribution in [1.29, 1.82) is 0 Å². The van der Waals surface area contributed by atoms with E-state index in [-0.39, 0.29) is 0 Å². The minimum atomic E-state index is 0.308. The topological polar surface area (TPSA) is 51.7 Å². The molecule has 2 saturated heterocycles. The fourth-order valence-electron chi connectivity index (χ4n) is 3.53. The highest BCUT2D eigenvalue weighted by Gasteiger charge is 2.23. The van der Waals surface area contributed by atoms with E-state index in [0.717, 1.165) is 58.9 Å². The maximum Gasteiger partial charge on any atom is 0.223 e. The number of nitrogens with zero attached hydrogens (tertiary/aromatic N) is 4. The predicted octanol–water partition coefficient (Wildman–Crippen LogP) is 0.582. The van der Waals surface area contributed by atoms with E-state index >= 15 is 0 Å². The van der Waals surface area contributed by atoms with Gasteiger partial charge < -0.3 is 15.1 Å². The van der Waals surface area contributed by atoms with Crippen molar-refractivity contribution < 1.29 is 4.79 Å². The van der Waals surface area contributed by atoms with Gasteiger partial charge in [-0.05, 0) is 18.6 Å². The third-order valence-electron chi connectivity index (χ3n) is 5.23. The number of carbonyl (C=O) groups is 1. The number of carbonyl (C=O) groups excluding carboxylic acids is 1. The van der Waals surface area contributed by atoms with E-state index in [0.29, 0.717) is 18.4 Å². The number of hydrogen-bond donors (Lipinski definition) is 1. The quantitative estimate of drug-likeness (QED) is 0.855. The number of rotatable bonds is 5. The van der Waals surface area contributed by atoms with Crippen LogP contribution in [0, 0.1) is 0 Å². The molecular formula is C18H29N5O. The highest BCUT2D eigenvalue weighted by molar-refractivity contribution is 5.76. The van der Waals surface area contributed by atoms with Crippen LogP contribution in [0.25, 0.3) is 0 Å². The van der Waals surface area contributed by atoms with Crippen molar-refractivity contribution >= 4 is 5.91 Å². The van der Waals surface area contributed by atoms with Crippen LogP contribution in [-0.4, -0.2) is 84.5 Å². The van der Waals surface area contributed by atoms with Gasteiger partial charge in [-0.1, -0.05) is 6.07 Å².